The molecule has 0 unspecified atom stereocenters. The van der Waals surface area contributed by atoms with Crippen molar-refractivity contribution in [1.82, 2.24) is 4.90 Å². The Balaban J connectivity index is 2.42. The summed E-state index contributed by atoms with van der Waals surface area (Å²) in [4.78, 5) is 13.1. The Morgan fingerprint density at radius 1 is 1.60 bits per heavy atom. The van der Waals surface area contributed by atoms with Crippen molar-refractivity contribution < 1.29 is 9.53 Å². The largest absolute Gasteiger partial charge is 0.468 e. The third-order valence-corrected chi connectivity index (χ3v) is 4.12. The number of methoxy groups -OCH3 is 1. The van der Waals surface area contributed by atoms with Crippen molar-refractivity contribution in [3.63, 3.8) is 0 Å². The number of thioether (sulfide) groups is 1. The maximum Gasteiger partial charge on any atom is 0.319 e. The van der Waals surface area contributed by atoms with Crippen molar-refractivity contribution in [3.8, 4) is 6.07 Å². The third kappa shape index (κ3) is 3.11. The first-order valence-electron chi connectivity index (χ1n) is 4.91. The van der Waals surface area contributed by atoms with E-state index >= 15 is 0 Å². The monoisotopic (exact) mass is 228 g/mol. The van der Waals surface area contributed by atoms with Crippen LogP contribution in [-0.4, -0.2) is 48.6 Å². The minimum Gasteiger partial charge on any atom is -0.468 e. The molecule has 0 atom stereocenters. The Morgan fingerprint density at radius 2 is 2.20 bits per heavy atom. The average Bonchev–Trinajstić information content (AvgIpc) is 2.30. The molecule has 0 aromatic rings. The molecule has 0 N–H and O–H groups in total. The highest BCUT2D eigenvalue weighted by molar-refractivity contribution is 8.00. The summed E-state index contributed by atoms with van der Waals surface area (Å²) in [6, 6.07) is 2.38. The molecule has 0 bridgehead atoms. The number of piperidine rings is 1. The standard InChI is InChI=1S/C10H16N2O2S/c1-14-9(13)7-12-5-3-10(8-11,15-2)4-6-12/h3-7H2,1-2H3. The fraction of sp³-hybridized carbons (Fsp3) is 0.800. The van der Waals surface area contributed by atoms with E-state index in [0.717, 1.165) is 25.9 Å². The molecule has 5 heteroatoms. The Bertz CT molecular complexity index is 267. The second kappa shape index (κ2) is 5.38. The van der Waals surface area contributed by atoms with Gasteiger partial charge in [0.25, 0.3) is 0 Å². The normalized spacial score (nSPS) is 20.6. The molecule has 1 heterocycles. The summed E-state index contributed by atoms with van der Waals surface area (Å²) in [5, 5.41) is 9.07. The molecule has 1 aliphatic rings. The summed E-state index contributed by atoms with van der Waals surface area (Å²) >= 11 is 1.62. The van der Waals surface area contributed by atoms with E-state index in [9.17, 15) is 4.79 Å². The van der Waals surface area contributed by atoms with E-state index in [-0.39, 0.29) is 10.7 Å². The van der Waals surface area contributed by atoms with Crippen molar-refractivity contribution in [2.24, 2.45) is 0 Å². The molecule has 0 radical (unpaired) electrons. The number of hydrogen-bond donors (Lipinski definition) is 0. The highest BCUT2D eigenvalue weighted by atomic mass is 32.2. The summed E-state index contributed by atoms with van der Waals surface area (Å²) in [5.74, 6) is -0.205. The molecule has 1 saturated heterocycles. The summed E-state index contributed by atoms with van der Waals surface area (Å²) in [6.45, 7) is 1.93. The van der Waals surface area contributed by atoms with Crippen molar-refractivity contribution in [1.29, 1.82) is 5.26 Å². The zero-order chi connectivity index (χ0) is 11.3. The number of carbonyl (C=O) groups is 1. The molecule has 84 valence electrons. The van der Waals surface area contributed by atoms with Gasteiger partial charge in [-0.25, -0.2) is 0 Å². The van der Waals surface area contributed by atoms with Gasteiger partial charge in [0, 0.05) is 13.1 Å². The molecular weight excluding hydrogens is 212 g/mol. The number of likely N-dealkylation sites (tertiary alicyclic amines) is 1. The van der Waals surface area contributed by atoms with Gasteiger partial charge in [0.2, 0.25) is 0 Å². The van der Waals surface area contributed by atoms with E-state index < -0.39 is 0 Å². The Hall–Kier alpha value is -0.730. The van der Waals surface area contributed by atoms with Gasteiger partial charge in [0.15, 0.2) is 0 Å². The van der Waals surface area contributed by atoms with Crippen LogP contribution >= 0.6 is 11.8 Å². The summed E-state index contributed by atoms with van der Waals surface area (Å²) < 4.78 is 4.36. The van der Waals surface area contributed by atoms with E-state index in [1.807, 2.05) is 11.2 Å². The van der Waals surface area contributed by atoms with E-state index in [1.165, 1.54) is 7.11 Å². The number of rotatable bonds is 3. The van der Waals surface area contributed by atoms with E-state index in [1.54, 1.807) is 11.8 Å². The van der Waals surface area contributed by atoms with Gasteiger partial charge in [-0.3, -0.25) is 9.69 Å². The minimum absolute atomic E-state index is 0.205. The fourth-order valence-electron chi connectivity index (χ4n) is 1.68. The van der Waals surface area contributed by atoms with Crippen LogP contribution in [-0.2, 0) is 9.53 Å². The first-order valence-corrected chi connectivity index (χ1v) is 6.14. The van der Waals surface area contributed by atoms with Crippen LogP contribution < -0.4 is 0 Å². The zero-order valence-corrected chi connectivity index (χ0v) is 9.97. The number of carbonyl (C=O) groups excluding carboxylic acids is 1. The number of esters is 1. The molecule has 4 nitrogen and oxygen atoms in total. The van der Waals surface area contributed by atoms with Crippen LogP contribution in [0.5, 0.6) is 0 Å². The van der Waals surface area contributed by atoms with Gasteiger partial charge in [0.05, 0.1) is 19.7 Å². The van der Waals surface area contributed by atoms with Crippen molar-refractivity contribution >= 4 is 17.7 Å². The number of nitrogens with zero attached hydrogens (tertiary/aromatic N) is 2. The number of hydrogen-bond acceptors (Lipinski definition) is 5. The Morgan fingerprint density at radius 3 is 2.60 bits per heavy atom. The van der Waals surface area contributed by atoms with Gasteiger partial charge in [0.1, 0.15) is 4.75 Å². The van der Waals surface area contributed by atoms with Gasteiger partial charge in [-0.1, -0.05) is 0 Å². The molecule has 1 fully saturated rings. The number of nitriles is 1. The summed E-state index contributed by atoms with van der Waals surface area (Å²) in [7, 11) is 1.40. The van der Waals surface area contributed by atoms with Gasteiger partial charge in [-0.15, -0.1) is 11.8 Å². The van der Waals surface area contributed by atoms with Gasteiger partial charge in [-0.2, -0.15) is 5.26 Å². The topological polar surface area (TPSA) is 53.3 Å². The van der Waals surface area contributed by atoms with Gasteiger partial charge in [-0.05, 0) is 19.1 Å². The number of ether oxygens (including phenoxy) is 1. The minimum atomic E-state index is -0.243. The Kier molecular flexibility index (Phi) is 4.43. The maximum absolute atomic E-state index is 11.0. The van der Waals surface area contributed by atoms with Gasteiger partial charge < -0.3 is 4.74 Å². The predicted molar refractivity (Wildman–Crippen MR) is 59.5 cm³/mol. The lowest BCUT2D eigenvalue weighted by Gasteiger charge is -2.35. The second-order valence-electron chi connectivity index (χ2n) is 3.66. The van der Waals surface area contributed by atoms with E-state index in [2.05, 4.69) is 10.8 Å². The quantitative estimate of drug-likeness (QED) is 0.671. The lowest BCUT2D eigenvalue weighted by molar-refractivity contribution is -0.142. The van der Waals surface area contributed by atoms with Gasteiger partial charge >= 0.3 is 5.97 Å². The highest BCUT2D eigenvalue weighted by Crippen LogP contribution is 2.33. The molecule has 0 saturated carbocycles. The summed E-state index contributed by atoms with van der Waals surface area (Å²) in [6.07, 6.45) is 3.61. The van der Waals surface area contributed by atoms with Crippen LogP contribution in [0.25, 0.3) is 0 Å². The second-order valence-corrected chi connectivity index (χ2v) is 4.85. The average molecular weight is 228 g/mol. The van der Waals surface area contributed by atoms with Crippen LogP contribution in [0.15, 0.2) is 0 Å². The fourth-order valence-corrected chi connectivity index (χ4v) is 2.36. The lowest BCUT2D eigenvalue weighted by Crippen LogP contribution is -2.43. The molecule has 0 amide bonds. The molecule has 1 rings (SSSR count). The molecule has 0 aliphatic carbocycles. The Labute approximate surface area is 94.6 Å². The van der Waals surface area contributed by atoms with Crippen LogP contribution in [0, 0.1) is 11.3 Å². The first-order chi connectivity index (χ1) is 7.15. The molecule has 0 spiro atoms. The lowest BCUT2D eigenvalue weighted by atomic mass is 9.97. The van der Waals surface area contributed by atoms with E-state index in [4.69, 9.17) is 5.26 Å². The highest BCUT2D eigenvalue weighted by Gasteiger charge is 2.34. The molecule has 1 aliphatic heterocycles. The molecular formula is C10H16N2O2S. The van der Waals surface area contributed by atoms with Crippen LogP contribution in [0.4, 0.5) is 0 Å². The van der Waals surface area contributed by atoms with Crippen LogP contribution in [0.3, 0.4) is 0 Å². The first kappa shape index (κ1) is 12.3. The van der Waals surface area contributed by atoms with Crippen molar-refractivity contribution in [3.05, 3.63) is 0 Å². The maximum atomic E-state index is 11.0. The van der Waals surface area contributed by atoms with Crippen LogP contribution in [0.2, 0.25) is 0 Å². The van der Waals surface area contributed by atoms with Crippen molar-refractivity contribution in [2.75, 3.05) is 33.0 Å². The zero-order valence-electron chi connectivity index (χ0n) is 9.15. The molecule has 0 aromatic carbocycles. The smallest absolute Gasteiger partial charge is 0.319 e. The molecule has 15 heavy (non-hydrogen) atoms. The van der Waals surface area contributed by atoms with Crippen LogP contribution in [0.1, 0.15) is 12.8 Å². The SMILES string of the molecule is COC(=O)CN1CCC(C#N)(SC)CC1. The van der Waals surface area contributed by atoms with Crippen molar-refractivity contribution in [2.45, 2.75) is 17.6 Å². The third-order valence-electron chi connectivity index (χ3n) is 2.84. The summed E-state index contributed by atoms with van der Waals surface area (Å²) in [5.41, 5.74) is 0. The molecule has 0 aromatic heterocycles. The van der Waals surface area contributed by atoms with E-state index in [0.29, 0.717) is 6.54 Å². The predicted octanol–water partition coefficient (Wildman–Crippen LogP) is 0.881.